The van der Waals surface area contributed by atoms with Crippen LogP contribution in [0.4, 0.5) is 0 Å². The summed E-state index contributed by atoms with van der Waals surface area (Å²) in [6, 6.07) is 14.1. The van der Waals surface area contributed by atoms with Gasteiger partial charge < -0.3 is 4.98 Å². The van der Waals surface area contributed by atoms with Gasteiger partial charge in [0.05, 0.1) is 11.6 Å². The van der Waals surface area contributed by atoms with Crippen LogP contribution in [0.15, 0.2) is 54.7 Å². The largest absolute Gasteiger partial charge is 0.361 e. The van der Waals surface area contributed by atoms with Crippen LogP contribution in [0.2, 0.25) is 0 Å². The fourth-order valence-corrected chi connectivity index (χ4v) is 2.93. The first-order chi connectivity index (χ1) is 11.2. The molecular formula is C19H10N2O2. The predicted molar refractivity (Wildman–Crippen MR) is 86.1 cm³/mol. The Hall–Kier alpha value is -3.45. The van der Waals surface area contributed by atoms with Crippen molar-refractivity contribution in [1.82, 2.24) is 4.98 Å². The Labute approximate surface area is 131 Å². The third-order valence-corrected chi connectivity index (χ3v) is 4.06. The molecule has 4 heteroatoms. The maximum absolute atomic E-state index is 12.8. The molecule has 0 spiro atoms. The first kappa shape index (κ1) is 13.2. The van der Waals surface area contributed by atoms with Gasteiger partial charge in [-0.25, -0.2) is 0 Å². The summed E-state index contributed by atoms with van der Waals surface area (Å²) in [6.45, 7) is 0. The molecule has 0 unspecified atom stereocenters. The van der Waals surface area contributed by atoms with E-state index in [0.29, 0.717) is 27.8 Å². The highest BCUT2D eigenvalue weighted by Gasteiger charge is 2.27. The van der Waals surface area contributed by atoms with Crippen molar-refractivity contribution in [3.8, 4) is 6.07 Å². The molecule has 4 rings (SSSR count). The number of hydrogen-bond donors (Lipinski definition) is 1. The number of nitrogens with one attached hydrogen (secondary N) is 1. The zero-order chi connectivity index (χ0) is 16.0. The van der Waals surface area contributed by atoms with E-state index < -0.39 is 0 Å². The number of carbonyl (C=O) groups excluding carboxylic acids is 2. The van der Waals surface area contributed by atoms with Gasteiger partial charge in [0.15, 0.2) is 11.6 Å². The van der Waals surface area contributed by atoms with Crippen LogP contribution in [0, 0.1) is 11.3 Å². The van der Waals surface area contributed by atoms with Crippen molar-refractivity contribution in [3.63, 3.8) is 0 Å². The lowest BCUT2D eigenvalue weighted by Gasteiger charge is -2.14. The predicted octanol–water partition coefficient (Wildman–Crippen LogP) is 3.50. The van der Waals surface area contributed by atoms with Crippen molar-refractivity contribution in [2.24, 2.45) is 0 Å². The molecule has 0 atom stereocenters. The minimum absolute atomic E-state index is 0.177. The molecule has 1 heterocycles. The lowest BCUT2D eigenvalue weighted by atomic mass is 9.86. The number of benzene rings is 2. The van der Waals surface area contributed by atoms with E-state index >= 15 is 0 Å². The van der Waals surface area contributed by atoms with E-state index in [2.05, 4.69) is 11.1 Å². The minimum Gasteiger partial charge on any atom is -0.361 e. The molecule has 0 saturated heterocycles. The average Bonchev–Trinajstić information content (AvgIpc) is 3.01. The molecule has 0 amide bonds. The zero-order valence-corrected chi connectivity index (χ0v) is 12.0. The van der Waals surface area contributed by atoms with Gasteiger partial charge in [-0.05, 0) is 24.3 Å². The Bertz CT molecular complexity index is 1060. The normalized spacial score (nSPS) is 13.6. The molecule has 108 valence electrons. The van der Waals surface area contributed by atoms with Crippen molar-refractivity contribution in [2.75, 3.05) is 0 Å². The van der Waals surface area contributed by atoms with E-state index in [1.807, 2.05) is 0 Å². The molecule has 0 fully saturated rings. The standard InChI is InChI=1S/C19H10N2O2/c20-9-11-5-6-17-14(7-11)16(10-21-17)15-8-18(22)12-3-1-2-4-13(12)19(15)23/h1-8,10,21H. The van der Waals surface area contributed by atoms with Gasteiger partial charge in [-0.15, -0.1) is 0 Å². The summed E-state index contributed by atoms with van der Waals surface area (Å²) in [6.07, 6.45) is 3.09. The maximum Gasteiger partial charge on any atom is 0.194 e. The topological polar surface area (TPSA) is 73.7 Å². The van der Waals surface area contributed by atoms with E-state index in [1.165, 1.54) is 6.08 Å². The third kappa shape index (κ3) is 1.91. The summed E-state index contributed by atoms with van der Waals surface area (Å²) in [5.41, 5.74) is 3.17. The Kier molecular flexibility index (Phi) is 2.75. The molecule has 1 N–H and O–H groups in total. The lowest BCUT2D eigenvalue weighted by molar-refractivity contribution is 0.100. The Morgan fingerprint density at radius 3 is 2.52 bits per heavy atom. The van der Waals surface area contributed by atoms with Gasteiger partial charge in [0.2, 0.25) is 0 Å². The highest BCUT2D eigenvalue weighted by molar-refractivity contribution is 6.39. The van der Waals surface area contributed by atoms with E-state index in [1.54, 1.807) is 48.7 Å². The third-order valence-electron chi connectivity index (χ3n) is 4.06. The van der Waals surface area contributed by atoms with Crippen LogP contribution in [-0.2, 0) is 0 Å². The maximum atomic E-state index is 12.8. The molecule has 0 aliphatic heterocycles. The molecule has 1 aliphatic rings. The Balaban J connectivity index is 1.94. The van der Waals surface area contributed by atoms with E-state index in [0.717, 1.165) is 10.9 Å². The van der Waals surface area contributed by atoms with Gasteiger partial charge in [0.25, 0.3) is 0 Å². The van der Waals surface area contributed by atoms with Gasteiger partial charge in [-0.1, -0.05) is 24.3 Å². The van der Waals surface area contributed by atoms with Gasteiger partial charge in [-0.3, -0.25) is 9.59 Å². The number of aromatic amines is 1. The van der Waals surface area contributed by atoms with Crippen molar-refractivity contribution in [3.05, 3.63) is 77.0 Å². The molecular weight excluding hydrogens is 288 g/mol. The summed E-state index contributed by atoms with van der Waals surface area (Å²) in [4.78, 5) is 28.1. The highest BCUT2D eigenvalue weighted by Crippen LogP contribution is 2.32. The minimum atomic E-state index is -0.180. The molecule has 0 bridgehead atoms. The quantitative estimate of drug-likeness (QED) is 0.747. The summed E-state index contributed by atoms with van der Waals surface area (Å²) < 4.78 is 0. The number of nitrogens with zero attached hydrogens (tertiary/aromatic N) is 1. The van der Waals surface area contributed by atoms with Crippen LogP contribution < -0.4 is 0 Å². The lowest BCUT2D eigenvalue weighted by Crippen LogP contribution is -2.15. The molecule has 0 radical (unpaired) electrons. The molecule has 0 saturated carbocycles. The molecule has 1 aromatic heterocycles. The number of H-pyrrole nitrogens is 1. The van der Waals surface area contributed by atoms with Gasteiger partial charge in [0.1, 0.15) is 0 Å². The van der Waals surface area contributed by atoms with Crippen LogP contribution >= 0.6 is 0 Å². The van der Waals surface area contributed by atoms with E-state index in [9.17, 15) is 9.59 Å². The van der Waals surface area contributed by atoms with Crippen molar-refractivity contribution in [2.45, 2.75) is 0 Å². The number of aromatic nitrogens is 1. The summed E-state index contributed by atoms with van der Waals surface area (Å²) >= 11 is 0. The summed E-state index contributed by atoms with van der Waals surface area (Å²) in [7, 11) is 0. The van der Waals surface area contributed by atoms with Crippen LogP contribution in [0.3, 0.4) is 0 Å². The SMILES string of the molecule is N#Cc1ccc2[nH]cc(C3=CC(=O)c4ccccc4C3=O)c2c1. The number of fused-ring (bicyclic) bond motifs is 2. The fourth-order valence-electron chi connectivity index (χ4n) is 2.93. The number of allylic oxidation sites excluding steroid dienone is 2. The molecule has 1 aliphatic carbocycles. The highest BCUT2D eigenvalue weighted by atomic mass is 16.1. The molecule has 4 nitrogen and oxygen atoms in total. The number of rotatable bonds is 1. The number of carbonyl (C=O) groups is 2. The van der Waals surface area contributed by atoms with Crippen molar-refractivity contribution >= 4 is 28.0 Å². The Morgan fingerprint density at radius 1 is 0.957 bits per heavy atom. The number of nitriles is 1. The number of ketones is 2. The molecule has 3 aromatic rings. The average molecular weight is 298 g/mol. The summed E-state index contributed by atoms with van der Waals surface area (Å²) in [5, 5.41) is 9.82. The first-order valence-corrected chi connectivity index (χ1v) is 7.10. The number of Topliss-reactive ketones (excluding diaryl/α,β-unsaturated/α-hetero) is 1. The second kappa shape index (κ2) is 4.79. The van der Waals surface area contributed by atoms with Crippen LogP contribution in [0.5, 0.6) is 0 Å². The van der Waals surface area contributed by atoms with Gasteiger partial charge >= 0.3 is 0 Å². The zero-order valence-electron chi connectivity index (χ0n) is 12.0. The second-order valence-corrected chi connectivity index (χ2v) is 5.37. The van der Waals surface area contributed by atoms with Gasteiger partial charge in [0, 0.05) is 39.4 Å². The van der Waals surface area contributed by atoms with Crippen molar-refractivity contribution < 1.29 is 9.59 Å². The van der Waals surface area contributed by atoms with Crippen LogP contribution in [0.25, 0.3) is 16.5 Å². The number of hydrogen-bond acceptors (Lipinski definition) is 3. The fraction of sp³-hybridized carbons (Fsp3) is 0. The van der Waals surface area contributed by atoms with Crippen LogP contribution in [0.1, 0.15) is 31.8 Å². The Morgan fingerprint density at radius 2 is 1.74 bits per heavy atom. The van der Waals surface area contributed by atoms with Gasteiger partial charge in [-0.2, -0.15) is 5.26 Å². The van der Waals surface area contributed by atoms with Crippen LogP contribution in [-0.4, -0.2) is 16.6 Å². The summed E-state index contributed by atoms with van der Waals surface area (Å²) in [5.74, 6) is -0.357. The molecule has 23 heavy (non-hydrogen) atoms. The van der Waals surface area contributed by atoms with Crippen molar-refractivity contribution in [1.29, 1.82) is 5.26 Å². The first-order valence-electron chi connectivity index (χ1n) is 7.10. The second-order valence-electron chi connectivity index (χ2n) is 5.37. The molecule has 2 aromatic carbocycles. The van der Waals surface area contributed by atoms with E-state index in [4.69, 9.17) is 5.26 Å². The monoisotopic (exact) mass is 298 g/mol. The van der Waals surface area contributed by atoms with E-state index in [-0.39, 0.29) is 11.6 Å². The smallest absolute Gasteiger partial charge is 0.194 e.